The zero-order valence-corrected chi connectivity index (χ0v) is 3.18. The van der Waals surface area contributed by atoms with Gasteiger partial charge in [0.25, 0.3) is 0 Å². The van der Waals surface area contributed by atoms with Gasteiger partial charge < -0.3 is 4.74 Å². The van der Waals surface area contributed by atoms with E-state index in [1.807, 2.05) is 0 Å². The number of rotatable bonds is 1. The smallest absolute Gasteiger partial charge is 0.152 e. The molecule has 1 aliphatic heterocycles. The number of hydrogen-bond donors (Lipinski definition) is 0. The van der Waals surface area contributed by atoms with E-state index < -0.39 is 0 Å². The third-order valence-electron chi connectivity index (χ3n) is 0.636. The fourth-order valence-electron chi connectivity index (χ4n) is 0.241. The van der Waals surface area contributed by atoms with Gasteiger partial charge in [0.15, 0.2) is 6.29 Å². The van der Waals surface area contributed by atoms with Crippen LogP contribution in [0.15, 0.2) is 11.8 Å². The Morgan fingerprint density at radius 2 is 2.67 bits per heavy atom. The van der Waals surface area contributed by atoms with Gasteiger partial charge >= 0.3 is 0 Å². The Labute approximate surface area is 35.4 Å². The molecule has 0 bridgehead atoms. The van der Waals surface area contributed by atoms with Crippen LogP contribution in [0.3, 0.4) is 0 Å². The van der Waals surface area contributed by atoms with Crippen LogP contribution in [0.4, 0.5) is 0 Å². The average Bonchev–Trinajstić information content (AvgIpc) is 1.31. The molecule has 1 rings (SSSR count). The molecule has 0 aromatic rings. The summed E-state index contributed by atoms with van der Waals surface area (Å²) in [6.07, 6.45) is 2.25. The number of hydrogen-bond acceptors (Lipinski definition) is 2. The van der Waals surface area contributed by atoms with Gasteiger partial charge in [-0.25, -0.2) is 0 Å². The molecule has 0 unspecified atom stereocenters. The van der Waals surface area contributed by atoms with Gasteiger partial charge in [-0.05, 0) is 0 Å². The van der Waals surface area contributed by atoms with Crippen molar-refractivity contribution >= 4 is 6.29 Å². The molecule has 1 heterocycles. The van der Waals surface area contributed by atoms with Crippen LogP contribution in [0, 0.1) is 0 Å². The summed E-state index contributed by atoms with van der Waals surface area (Å²) < 4.78 is 4.53. The Balaban J connectivity index is 2.52. The van der Waals surface area contributed by atoms with Gasteiger partial charge in [0, 0.05) is 0 Å². The maximum atomic E-state index is 9.64. The number of aldehydes is 1. The molecule has 2 nitrogen and oxygen atoms in total. The van der Waals surface area contributed by atoms with Gasteiger partial charge in [0.1, 0.15) is 6.61 Å². The molecule has 0 aromatic carbocycles. The van der Waals surface area contributed by atoms with E-state index in [2.05, 4.69) is 4.74 Å². The van der Waals surface area contributed by atoms with Crippen LogP contribution in [0.5, 0.6) is 0 Å². The van der Waals surface area contributed by atoms with Crippen molar-refractivity contribution in [1.29, 1.82) is 0 Å². The molecule has 0 aliphatic carbocycles. The Bertz CT molecular complexity index is 93.7. The Kier molecular flexibility index (Phi) is 0.638. The highest BCUT2D eigenvalue weighted by Crippen LogP contribution is 2.01. The van der Waals surface area contributed by atoms with E-state index in [4.69, 9.17) is 0 Å². The van der Waals surface area contributed by atoms with Crippen molar-refractivity contribution in [2.45, 2.75) is 0 Å². The predicted molar refractivity (Wildman–Crippen MR) is 20.1 cm³/mol. The molecule has 0 atom stereocenters. The highest BCUT2D eigenvalue weighted by Gasteiger charge is 2.01. The van der Waals surface area contributed by atoms with Gasteiger partial charge in [-0.15, -0.1) is 0 Å². The largest absolute Gasteiger partial charge is 0.496 e. The molecule has 0 radical (unpaired) electrons. The summed E-state index contributed by atoms with van der Waals surface area (Å²) in [5, 5.41) is 0. The molecular formula is C4H4O2. The summed E-state index contributed by atoms with van der Waals surface area (Å²) >= 11 is 0. The van der Waals surface area contributed by atoms with Gasteiger partial charge in [-0.2, -0.15) is 0 Å². The first kappa shape index (κ1) is 3.40. The van der Waals surface area contributed by atoms with Crippen molar-refractivity contribution in [2.75, 3.05) is 6.61 Å². The van der Waals surface area contributed by atoms with E-state index in [1.54, 1.807) is 0 Å². The minimum atomic E-state index is 0.503. The molecule has 0 aromatic heterocycles. The first-order valence-electron chi connectivity index (χ1n) is 1.69. The van der Waals surface area contributed by atoms with Crippen LogP contribution in [0.2, 0.25) is 0 Å². The normalized spacial score (nSPS) is 17.0. The van der Waals surface area contributed by atoms with Crippen LogP contribution >= 0.6 is 0 Å². The van der Waals surface area contributed by atoms with E-state index in [-0.39, 0.29) is 0 Å². The lowest BCUT2D eigenvalue weighted by molar-refractivity contribution is -0.106. The molecule has 0 spiro atoms. The lowest BCUT2D eigenvalue weighted by Crippen LogP contribution is -2.04. The Morgan fingerprint density at radius 1 is 2.00 bits per heavy atom. The van der Waals surface area contributed by atoms with Crippen molar-refractivity contribution < 1.29 is 9.53 Å². The fourth-order valence-corrected chi connectivity index (χ4v) is 0.241. The van der Waals surface area contributed by atoms with E-state index >= 15 is 0 Å². The minimum absolute atomic E-state index is 0.503. The van der Waals surface area contributed by atoms with Crippen LogP contribution in [-0.2, 0) is 9.53 Å². The molecule has 2 heteroatoms. The third-order valence-corrected chi connectivity index (χ3v) is 0.636. The second-order valence-corrected chi connectivity index (χ2v) is 1.12. The molecule has 0 fully saturated rings. The zero-order valence-electron chi connectivity index (χ0n) is 3.18. The zero-order chi connectivity index (χ0) is 4.41. The second kappa shape index (κ2) is 1.12. The van der Waals surface area contributed by atoms with E-state index in [9.17, 15) is 4.79 Å². The summed E-state index contributed by atoms with van der Waals surface area (Å²) in [6, 6.07) is 0. The molecule has 1 aliphatic rings. The van der Waals surface area contributed by atoms with Crippen LogP contribution in [0.25, 0.3) is 0 Å². The van der Waals surface area contributed by atoms with Crippen molar-refractivity contribution in [3.05, 3.63) is 11.8 Å². The average molecular weight is 84.1 g/mol. The summed E-state index contributed by atoms with van der Waals surface area (Å²) in [6.45, 7) is 0.503. The van der Waals surface area contributed by atoms with Crippen LogP contribution < -0.4 is 0 Å². The fraction of sp³-hybridized carbons (Fsp3) is 0.250. The van der Waals surface area contributed by atoms with E-state index in [1.165, 1.54) is 6.26 Å². The van der Waals surface area contributed by atoms with E-state index in [0.29, 0.717) is 6.61 Å². The molecule has 32 valence electrons. The molecule has 0 saturated carbocycles. The molecular weight excluding hydrogens is 80.0 g/mol. The SMILES string of the molecule is O=CC1=COC1. The predicted octanol–water partition coefficient (Wildman–Crippen LogP) is 0.0994. The maximum absolute atomic E-state index is 9.64. The lowest BCUT2D eigenvalue weighted by Gasteiger charge is -2.07. The molecule has 0 amide bonds. The molecule has 6 heavy (non-hydrogen) atoms. The highest BCUT2D eigenvalue weighted by atomic mass is 16.5. The Hall–Kier alpha value is -0.790. The van der Waals surface area contributed by atoms with E-state index in [0.717, 1.165) is 11.9 Å². The van der Waals surface area contributed by atoms with Gasteiger partial charge in [-0.3, -0.25) is 4.79 Å². The standard InChI is InChI=1S/C4H4O2/c5-1-4-2-6-3-4/h1-2H,3H2. The van der Waals surface area contributed by atoms with Crippen LogP contribution in [-0.4, -0.2) is 12.9 Å². The minimum Gasteiger partial charge on any atom is -0.496 e. The van der Waals surface area contributed by atoms with Crippen molar-refractivity contribution in [1.82, 2.24) is 0 Å². The first-order valence-corrected chi connectivity index (χ1v) is 1.69. The van der Waals surface area contributed by atoms with Gasteiger partial charge in [0.05, 0.1) is 11.8 Å². The van der Waals surface area contributed by atoms with Crippen LogP contribution in [0.1, 0.15) is 0 Å². The van der Waals surface area contributed by atoms with Crippen molar-refractivity contribution in [3.8, 4) is 0 Å². The molecule has 0 saturated heterocycles. The first-order chi connectivity index (χ1) is 2.93. The number of carbonyl (C=O) groups is 1. The number of ether oxygens (including phenoxy) is 1. The maximum Gasteiger partial charge on any atom is 0.152 e. The molecule has 0 N–H and O–H groups in total. The summed E-state index contributed by atoms with van der Waals surface area (Å²) in [4.78, 5) is 9.64. The van der Waals surface area contributed by atoms with Crippen molar-refractivity contribution in [2.24, 2.45) is 0 Å². The van der Waals surface area contributed by atoms with Gasteiger partial charge in [0.2, 0.25) is 0 Å². The highest BCUT2D eigenvalue weighted by molar-refractivity contribution is 5.74. The number of carbonyl (C=O) groups excluding carboxylic acids is 1. The topological polar surface area (TPSA) is 26.3 Å². The second-order valence-electron chi connectivity index (χ2n) is 1.12. The quantitative estimate of drug-likeness (QED) is 0.421. The summed E-state index contributed by atoms with van der Waals surface area (Å²) in [5.41, 5.74) is 0.745. The monoisotopic (exact) mass is 84.0 g/mol. The summed E-state index contributed by atoms with van der Waals surface area (Å²) in [7, 11) is 0. The lowest BCUT2D eigenvalue weighted by atomic mass is 10.3. The summed E-state index contributed by atoms with van der Waals surface area (Å²) in [5.74, 6) is 0. The van der Waals surface area contributed by atoms with Crippen molar-refractivity contribution in [3.63, 3.8) is 0 Å². The van der Waals surface area contributed by atoms with Gasteiger partial charge in [-0.1, -0.05) is 0 Å². The Morgan fingerprint density at radius 3 is 2.67 bits per heavy atom. The third kappa shape index (κ3) is 0.302.